The van der Waals surface area contributed by atoms with Crippen LogP contribution in [0, 0.1) is 5.92 Å². The lowest BCUT2D eigenvalue weighted by Gasteiger charge is -2.22. The molecule has 2 unspecified atom stereocenters. The van der Waals surface area contributed by atoms with Crippen LogP contribution in [0.1, 0.15) is 39.0 Å². The van der Waals surface area contributed by atoms with Gasteiger partial charge in [0.2, 0.25) is 10.0 Å². The number of sulfonamides is 1. The topological polar surface area (TPSA) is 122 Å². The van der Waals surface area contributed by atoms with E-state index in [1.165, 1.54) is 25.5 Å². The first-order chi connectivity index (χ1) is 14.1. The third-order valence-electron chi connectivity index (χ3n) is 4.88. The highest BCUT2D eigenvalue weighted by molar-refractivity contribution is 7.89. The van der Waals surface area contributed by atoms with E-state index in [2.05, 4.69) is 10.0 Å². The zero-order valence-electron chi connectivity index (χ0n) is 16.6. The molecule has 168 valence electrons. The molecule has 30 heavy (non-hydrogen) atoms. The van der Waals surface area contributed by atoms with E-state index in [9.17, 15) is 23.1 Å². The van der Waals surface area contributed by atoms with Gasteiger partial charge in [0.25, 0.3) is 5.91 Å². The second-order valence-electron chi connectivity index (χ2n) is 7.33. The molecule has 0 bridgehead atoms. The zero-order chi connectivity index (χ0) is 22.3. The Kier molecular flexibility index (Phi) is 9.36. The summed E-state index contributed by atoms with van der Waals surface area (Å²) in [6, 6.07) is 2.02. The van der Waals surface area contributed by atoms with E-state index in [0.29, 0.717) is 12.5 Å². The number of nitrogens with one attached hydrogen (secondary N) is 2. The van der Waals surface area contributed by atoms with Gasteiger partial charge in [-0.2, -0.15) is 4.72 Å². The zero-order valence-corrected chi connectivity index (χ0v) is 18.9. The fraction of sp³-hybridized carbons (Fsp3) is 0.579. The molecule has 8 nitrogen and oxygen atoms in total. The van der Waals surface area contributed by atoms with Gasteiger partial charge in [-0.25, -0.2) is 8.42 Å². The maximum absolute atomic E-state index is 12.5. The van der Waals surface area contributed by atoms with Crippen LogP contribution in [-0.4, -0.2) is 50.7 Å². The van der Waals surface area contributed by atoms with Crippen molar-refractivity contribution in [1.82, 2.24) is 10.0 Å². The summed E-state index contributed by atoms with van der Waals surface area (Å²) in [7, 11) is -4.21. The molecule has 2 rings (SSSR count). The van der Waals surface area contributed by atoms with Gasteiger partial charge >= 0.3 is 5.97 Å². The van der Waals surface area contributed by atoms with Crippen LogP contribution < -0.4 is 10.0 Å². The molecule has 2 atom stereocenters. The Balaban J connectivity index is 1.92. The average Bonchev–Trinajstić information content (AvgIpc) is 2.71. The minimum absolute atomic E-state index is 0.0188. The largest absolute Gasteiger partial charge is 0.454 e. The lowest BCUT2D eigenvalue weighted by molar-refractivity contribution is -0.152. The fourth-order valence-electron chi connectivity index (χ4n) is 3.15. The van der Waals surface area contributed by atoms with Gasteiger partial charge < -0.3 is 15.2 Å². The quantitative estimate of drug-likeness (QED) is 0.466. The van der Waals surface area contributed by atoms with E-state index in [-0.39, 0.29) is 14.9 Å². The molecule has 1 aliphatic carbocycles. The van der Waals surface area contributed by atoms with Crippen LogP contribution in [0.2, 0.25) is 10.0 Å². The molecule has 1 amide bonds. The van der Waals surface area contributed by atoms with E-state index in [1.54, 1.807) is 0 Å². The van der Waals surface area contributed by atoms with Gasteiger partial charge in [-0.3, -0.25) is 9.59 Å². The first-order valence-electron chi connectivity index (χ1n) is 9.69. The molecule has 0 saturated heterocycles. The average molecular weight is 481 g/mol. The Morgan fingerprint density at radius 3 is 2.47 bits per heavy atom. The van der Waals surface area contributed by atoms with Crippen LogP contribution >= 0.6 is 23.2 Å². The fourth-order valence-corrected chi connectivity index (χ4v) is 4.80. The van der Waals surface area contributed by atoms with Crippen molar-refractivity contribution in [3.8, 4) is 0 Å². The number of ether oxygens (including phenoxy) is 1. The highest BCUT2D eigenvalue weighted by Crippen LogP contribution is 2.25. The van der Waals surface area contributed by atoms with E-state index in [1.807, 2.05) is 0 Å². The number of aliphatic hydroxyl groups is 1. The number of esters is 1. The Hall–Kier alpha value is -1.39. The normalized spacial score (nSPS) is 17.2. The van der Waals surface area contributed by atoms with E-state index >= 15 is 0 Å². The molecule has 1 aromatic carbocycles. The lowest BCUT2D eigenvalue weighted by Crippen LogP contribution is -2.49. The predicted molar refractivity (Wildman–Crippen MR) is 113 cm³/mol. The van der Waals surface area contributed by atoms with E-state index in [0.717, 1.165) is 31.7 Å². The third kappa shape index (κ3) is 7.39. The number of aliphatic hydroxyl groups excluding tert-OH is 1. The number of rotatable bonds is 9. The van der Waals surface area contributed by atoms with Crippen LogP contribution in [0.4, 0.5) is 0 Å². The van der Waals surface area contributed by atoms with Gasteiger partial charge in [0.15, 0.2) is 6.61 Å². The number of hydrogen-bond acceptors (Lipinski definition) is 6. The standard InChI is InChI=1S/C19H26Cl2N2O6S/c1-12(24)18(23-30(27,28)14-7-8-15(20)16(21)9-14)19(26)29-11-17(25)22-10-13-5-3-2-4-6-13/h7-9,12-13,18,23-24H,2-6,10-11H2,1H3,(H,22,25). The van der Waals surface area contributed by atoms with Crippen LogP contribution in [0.15, 0.2) is 23.1 Å². The Labute approximate surface area is 186 Å². The van der Waals surface area contributed by atoms with Gasteiger partial charge in [0.1, 0.15) is 6.04 Å². The molecule has 0 aliphatic heterocycles. The number of carbonyl (C=O) groups is 2. The van der Waals surface area contributed by atoms with Gasteiger partial charge in [-0.05, 0) is 43.9 Å². The van der Waals surface area contributed by atoms with Gasteiger partial charge in [0, 0.05) is 6.54 Å². The summed E-state index contributed by atoms with van der Waals surface area (Å²) in [5.41, 5.74) is 0. The molecule has 1 aliphatic rings. The molecule has 3 N–H and O–H groups in total. The molecule has 1 aromatic rings. The summed E-state index contributed by atoms with van der Waals surface area (Å²) in [6.07, 6.45) is 4.21. The Bertz CT molecular complexity index is 857. The highest BCUT2D eigenvalue weighted by Gasteiger charge is 2.31. The summed E-state index contributed by atoms with van der Waals surface area (Å²) in [5, 5.41) is 12.8. The molecule has 1 saturated carbocycles. The lowest BCUT2D eigenvalue weighted by atomic mass is 9.89. The maximum Gasteiger partial charge on any atom is 0.327 e. The predicted octanol–water partition coefficient (Wildman–Crippen LogP) is 2.26. The summed E-state index contributed by atoms with van der Waals surface area (Å²) in [6.45, 7) is 1.18. The highest BCUT2D eigenvalue weighted by atomic mass is 35.5. The first kappa shape index (κ1) is 24.9. The Morgan fingerprint density at radius 1 is 1.20 bits per heavy atom. The van der Waals surface area contributed by atoms with Crippen LogP contribution in [0.25, 0.3) is 0 Å². The van der Waals surface area contributed by atoms with Crippen LogP contribution in [0.5, 0.6) is 0 Å². The van der Waals surface area contributed by atoms with Crippen LogP contribution in [0.3, 0.4) is 0 Å². The minimum atomic E-state index is -4.21. The molecule has 0 aromatic heterocycles. The van der Waals surface area contributed by atoms with Crippen molar-refractivity contribution in [3.05, 3.63) is 28.2 Å². The molecule has 0 heterocycles. The molecule has 1 fully saturated rings. The SMILES string of the molecule is CC(O)C(NS(=O)(=O)c1ccc(Cl)c(Cl)c1)C(=O)OCC(=O)NCC1CCCCC1. The van der Waals surface area contributed by atoms with Crippen molar-refractivity contribution in [1.29, 1.82) is 0 Å². The third-order valence-corrected chi connectivity index (χ3v) is 7.06. The molecular weight excluding hydrogens is 455 g/mol. The maximum atomic E-state index is 12.5. The van der Waals surface area contributed by atoms with Crippen molar-refractivity contribution in [2.45, 2.75) is 56.1 Å². The summed E-state index contributed by atoms with van der Waals surface area (Å²) in [5.74, 6) is -1.13. The number of benzene rings is 1. The van der Waals surface area contributed by atoms with E-state index in [4.69, 9.17) is 27.9 Å². The number of halogens is 2. The smallest absolute Gasteiger partial charge is 0.327 e. The van der Waals surface area contributed by atoms with Gasteiger partial charge in [-0.15, -0.1) is 0 Å². The second kappa shape index (κ2) is 11.3. The first-order valence-corrected chi connectivity index (χ1v) is 11.9. The second-order valence-corrected chi connectivity index (χ2v) is 9.86. The van der Waals surface area contributed by atoms with E-state index < -0.39 is 40.7 Å². The van der Waals surface area contributed by atoms with Crippen molar-refractivity contribution in [3.63, 3.8) is 0 Å². The number of amides is 1. The van der Waals surface area contributed by atoms with Crippen molar-refractivity contribution < 1.29 is 27.9 Å². The molecule has 0 spiro atoms. The Morgan fingerprint density at radius 2 is 1.87 bits per heavy atom. The van der Waals surface area contributed by atoms with Crippen molar-refractivity contribution in [2.24, 2.45) is 5.92 Å². The van der Waals surface area contributed by atoms with Gasteiger partial charge in [-0.1, -0.05) is 42.5 Å². The summed E-state index contributed by atoms with van der Waals surface area (Å²) < 4.78 is 32.0. The summed E-state index contributed by atoms with van der Waals surface area (Å²) >= 11 is 11.6. The van der Waals surface area contributed by atoms with Crippen LogP contribution in [-0.2, 0) is 24.3 Å². The number of hydrogen-bond donors (Lipinski definition) is 3. The van der Waals surface area contributed by atoms with Gasteiger partial charge in [0.05, 0.1) is 21.0 Å². The molecular formula is C19H26Cl2N2O6S. The number of carbonyl (C=O) groups excluding carboxylic acids is 2. The van der Waals surface area contributed by atoms with Crippen molar-refractivity contribution >= 4 is 45.1 Å². The van der Waals surface area contributed by atoms with Crippen molar-refractivity contribution in [2.75, 3.05) is 13.2 Å². The summed E-state index contributed by atoms with van der Waals surface area (Å²) in [4.78, 5) is 24.0. The monoisotopic (exact) mass is 480 g/mol. The minimum Gasteiger partial charge on any atom is -0.454 e. The molecule has 11 heteroatoms. The molecule has 0 radical (unpaired) electrons.